The first-order chi connectivity index (χ1) is 13.0. The third-order valence-corrected chi connectivity index (χ3v) is 4.83. The molecule has 0 saturated carbocycles. The Morgan fingerprint density at radius 1 is 1.37 bits per heavy atom. The van der Waals surface area contributed by atoms with Gasteiger partial charge < -0.3 is 9.88 Å². The molecule has 0 saturated heterocycles. The molecule has 0 unspecified atom stereocenters. The number of aromatic nitrogens is 4. The van der Waals surface area contributed by atoms with Crippen LogP contribution in [0.3, 0.4) is 0 Å². The Morgan fingerprint density at radius 2 is 2.15 bits per heavy atom. The molecule has 142 valence electrons. The van der Waals surface area contributed by atoms with E-state index >= 15 is 0 Å². The number of hydrogen-bond acceptors (Lipinski definition) is 3. The second kappa shape index (κ2) is 8.39. The summed E-state index contributed by atoms with van der Waals surface area (Å²) in [4.78, 5) is 21.8. The first-order valence-electron chi connectivity index (χ1n) is 9.09. The predicted molar refractivity (Wildman–Crippen MR) is 108 cm³/mol. The van der Waals surface area contributed by atoms with E-state index in [0.29, 0.717) is 11.7 Å². The summed E-state index contributed by atoms with van der Waals surface area (Å²) in [5, 5.41) is 5.03. The first kappa shape index (κ1) is 19.2. The highest BCUT2D eigenvalue weighted by Crippen LogP contribution is 2.22. The van der Waals surface area contributed by atoms with Crippen molar-refractivity contribution >= 4 is 34.6 Å². The van der Waals surface area contributed by atoms with Gasteiger partial charge in [0.2, 0.25) is 5.91 Å². The number of carbonyl (C=O) groups is 1. The van der Waals surface area contributed by atoms with Crippen molar-refractivity contribution in [1.29, 1.82) is 0 Å². The highest BCUT2D eigenvalue weighted by Gasteiger charge is 2.13. The van der Waals surface area contributed by atoms with Gasteiger partial charge in [-0.15, -0.1) is 0 Å². The first-order valence-corrected chi connectivity index (χ1v) is 9.47. The lowest BCUT2D eigenvalue weighted by Crippen LogP contribution is -2.24. The lowest BCUT2D eigenvalue weighted by atomic mass is 10.2. The number of halogens is 1. The minimum absolute atomic E-state index is 0.118. The maximum absolute atomic E-state index is 12.5. The van der Waals surface area contributed by atoms with Crippen LogP contribution in [0.4, 0.5) is 0 Å². The van der Waals surface area contributed by atoms with Gasteiger partial charge in [-0.05, 0) is 31.6 Å². The smallest absolute Gasteiger partial charge is 0.246 e. The average molecular weight is 386 g/mol. The van der Waals surface area contributed by atoms with Gasteiger partial charge in [-0.2, -0.15) is 5.10 Å². The minimum Gasteiger partial charge on any atom is -0.340 e. The fourth-order valence-electron chi connectivity index (χ4n) is 2.88. The van der Waals surface area contributed by atoms with E-state index in [1.165, 1.54) is 6.08 Å². The number of likely N-dealkylation sites (N-methyl/N-ethyl adjacent to an activating group) is 1. The van der Waals surface area contributed by atoms with Gasteiger partial charge in [-0.25, -0.2) is 4.98 Å². The summed E-state index contributed by atoms with van der Waals surface area (Å²) in [6, 6.07) is 7.80. The minimum atomic E-state index is -0.118. The maximum Gasteiger partial charge on any atom is 0.246 e. The van der Waals surface area contributed by atoms with Gasteiger partial charge in [0.15, 0.2) is 0 Å². The Balaban J connectivity index is 1.68. The number of H-pyrrole nitrogens is 1. The van der Waals surface area contributed by atoms with Crippen molar-refractivity contribution in [3.8, 4) is 0 Å². The number of fused-ring (bicyclic) bond motifs is 1. The summed E-state index contributed by atoms with van der Waals surface area (Å²) in [5.41, 5.74) is 3.47. The van der Waals surface area contributed by atoms with Gasteiger partial charge in [0, 0.05) is 25.2 Å². The van der Waals surface area contributed by atoms with Crippen LogP contribution in [0.1, 0.15) is 36.8 Å². The molecule has 0 aliphatic heterocycles. The summed E-state index contributed by atoms with van der Waals surface area (Å²) in [7, 11) is 1.75. The zero-order valence-corrected chi connectivity index (χ0v) is 16.6. The normalized spacial score (nSPS) is 11.6. The average Bonchev–Trinajstić information content (AvgIpc) is 3.18. The molecule has 0 atom stereocenters. The van der Waals surface area contributed by atoms with Crippen LogP contribution < -0.4 is 0 Å². The zero-order valence-electron chi connectivity index (χ0n) is 15.9. The highest BCUT2D eigenvalue weighted by molar-refractivity contribution is 6.31. The Kier molecular flexibility index (Phi) is 5.96. The quantitative estimate of drug-likeness (QED) is 0.620. The van der Waals surface area contributed by atoms with Gasteiger partial charge in [0.05, 0.1) is 23.3 Å². The van der Waals surface area contributed by atoms with Gasteiger partial charge in [-0.1, -0.05) is 37.1 Å². The predicted octanol–water partition coefficient (Wildman–Crippen LogP) is 4.19. The van der Waals surface area contributed by atoms with Crippen molar-refractivity contribution in [2.75, 3.05) is 7.05 Å². The number of para-hydroxylation sites is 2. The number of aryl methyl sites for hydroxylation is 2. The van der Waals surface area contributed by atoms with E-state index in [4.69, 9.17) is 11.6 Å². The van der Waals surface area contributed by atoms with E-state index in [2.05, 4.69) is 22.0 Å². The summed E-state index contributed by atoms with van der Waals surface area (Å²) >= 11 is 6.41. The third kappa shape index (κ3) is 4.39. The molecule has 27 heavy (non-hydrogen) atoms. The molecular weight excluding hydrogens is 362 g/mol. The molecule has 1 amide bonds. The second-order valence-electron chi connectivity index (χ2n) is 6.59. The molecule has 0 aliphatic rings. The molecule has 7 heteroatoms. The number of nitrogens with one attached hydrogen (secondary N) is 1. The lowest BCUT2D eigenvalue weighted by molar-refractivity contribution is -0.125. The summed E-state index contributed by atoms with van der Waals surface area (Å²) in [6.45, 7) is 5.21. The number of benzene rings is 1. The van der Waals surface area contributed by atoms with Gasteiger partial charge in [-0.3, -0.25) is 9.48 Å². The SMILES string of the molecule is CCCCn1nc(C)c(/C=C/C(=O)N(C)Cc2nc3ccccc3[nH]2)c1Cl. The van der Waals surface area contributed by atoms with Crippen LogP contribution in [-0.4, -0.2) is 37.6 Å². The number of aromatic amines is 1. The van der Waals surface area contributed by atoms with E-state index in [9.17, 15) is 4.79 Å². The van der Waals surface area contributed by atoms with E-state index in [0.717, 1.165) is 47.5 Å². The molecule has 1 N–H and O–H groups in total. The van der Waals surface area contributed by atoms with E-state index in [-0.39, 0.29) is 5.91 Å². The van der Waals surface area contributed by atoms with Crippen molar-refractivity contribution in [3.05, 3.63) is 52.6 Å². The lowest BCUT2D eigenvalue weighted by Gasteiger charge is -2.12. The standard InChI is InChI=1S/C20H24ClN5O/c1-4-5-12-26-20(21)15(14(2)24-26)10-11-19(27)25(3)13-18-22-16-8-6-7-9-17(16)23-18/h6-11H,4-5,12-13H2,1-3H3,(H,22,23)/b11-10+. The molecule has 0 fully saturated rings. The van der Waals surface area contributed by atoms with Crippen LogP contribution in [0.15, 0.2) is 30.3 Å². The number of carbonyl (C=O) groups excluding carboxylic acids is 1. The second-order valence-corrected chi connectivity index (χ2v) is 6.95. The Hall–Kier alpha value is -2.60. The molecule has 2 aromatic heterocycles. The zero-order chi connectivity index (χ0) is 19.4. The molecular formula is C20H24ClN5O. The van der Waals surface area contributed by atoms with Crippen molar-refractivity contribution in [2.24, 2.45) is 0 Å². The Bertz CT molecular complexity index is 939. The number of unbranched alkanes of at least 4 members (excludes halogenated alkanes) is 1. The van der Waals surface area contributed by atoms with Gasteiger partial charge >= 0.3 is 0 Å². The molecule has 1 aromatic carbocycles. The highest BCUT2D eigenvalue weighted by atomic mass is 35.5. The van der Waals surface area contributed by atoms with Crippen LogP contribution in [-0.2, 0) is 17.9 Å². The maximum atomic E-state index is 12.5. The van der Waals surface area contributed by atoms with E-state index in [1.807, 2.05) is 31.2 Å². The van der Waals surface area contributed by atoms with Gasteiger partial charge in [0.25, 0.3) is 0 Å². The van der Waals surface area contributed by atoms with Crippen LogP contribution >= 0.6 is 11.6 Å². The topological polar surface area (TPSA) is 66.8 Å². The van der Waals surface area contributed by atoms with Crippen molar-refractivity contribution in [1.82, 2.24) is 24.6 Å². The summed E-state index contributed by atoms with van der Waals surface area (Å²) in [5.74, 6) is 0.634. The molecule has 0 radical (unpaired) electrons. The summed E-state index contributed by atoms with van der Waals surface area (Å²) < 4.78 is 1.79. The fourth-order valence-corrected chi connectivity index (χ4v) is 3.20. The summed E-state index contributed by atoms with van der Waals surface area (Å²) in [6.07, 6.45) is 5.36. The molecule has 0 aliphatic carbocycles. The van der Waals surface area contributed by atoms with Crippen molar-refractivity contribution in [2.45, 2.75) is 39.8 Å². The Morgan fingerprint density at radius 3 is 2.89 bits per heavy atom. The molecule has 3 aromatic rings. The number of nitrogens with zero attached hydrogens (tertiary/aromatic N) is 4. The molecule has 3 rings (SSSR count). The van der Waals surface area contributed by atoms with Crippen LogP contribution in [0.25, 0.3) is 17.1 Å². The number of rotatable bonds is 7. The van der Waals surface area contributed by atoms with Crippen LogP contribution in [0, 0.1) is 6.92 Å². The molecule has 0 bridgehead atoms. The van der Waals surface area contributed by atoms with Crippen molar-refractivity contribution in [3.63, 3.8) is 0 Å². The number of imidazole rings is 1. The molecule has 0 spiro atoms. The fraction of sp³-hybridized carbons (Fsp3) is 0.350. The molecule has 6 nitrogen and oxygen atoms in total. The largest absolute Gasteiger partial charge is 0.340 e. The van der Waals surface area contributed by atoms with E-state index < -0.39 is 0 Å². The van der Waals surface area contributed by atoms with Crippen LogP contribution in [0.5, 0.6) is 0 Å². The molecule has 2 heterocycles. The van der Waals surface area contributed by atoms with Crippen LogP contribution in [0.2, 0.25) is 5.15 Å². The number of amides is 1. The van der Waals surface area contributed by atoms with E-state index in [1.54, 1.807) is 22.7 Å². The number of hydrogen-bond donors (Lipinski definition) is 1. The third-order valence-electron chi connectivity index (χ3n) is 4.43. The monoisotopic (exact) mass is 385 g/mol. The van der Waals surface area contributed by atoms with Gasteiger partial charge in [0.1, 0.15) is 11.0 Å². The Labute approximate surface area is 163 Å². The van der Waals surface area contributed by atoms with Crippen molar-refractivity contribution < 1.29 is 4.79 Å².